The average Bonchev–Trinajstić information content (AvgIpc) is 2.78. The highest BCUT2D eigenvalue weighted by atomic mass is 19.1. The van der Waals surface area contributed by atoms with E-state index in [1.165, 1.54) is 12.0 Å². The molecule has 0 aliphatic carbocycles. The second-order valence-electron chi connectivity index (χ2n) is 8.84. The van der Waals surface area contributed by atoms with Crippen LogP contribution in [-0.2, 0) is 6.54 Å². The van der Waals surface area contributed by atoms with Crippen molar-refractivity contribution >= 4 is 10.9 Å². The van der Waals surface area contributed by atoms with Crippen molar-refractivity contribution < 1.29 is 8.87 Å². The van der Waals surface area contributed by atoms with E-state index in [0.29, 0.717) is 11.8 Å². The molecule has 0 N–H and O–H groups in total. The molecule has 1 aromatic heterocycles. The minimum atomic E-state index is -0.986. The van der Waals surface area contributed by atoms with Gasteiger partial charge >= 0.3 is 0 Å². The zero-order chi connectivity index (χ0) is 19.8. The van der Waals surface area contributed by atoms with Crippen molar-refractivity contribution in [2.75, 3.05) is 13.1 Å². The maximum absolute atomic E-state index is 16.3. The van der Waals surface area contributed by atoms with E-state index in [1.807, 2.05) is 30.3 Å². The summed E-state index contributed by atoms with van der Waals surface area (Å²) in [5.74, 6) is 1.05. The molecule has 3 heteroatoms. The first-order chi connectivity index (χ1) is 14.2. The second-order valence-corrected chi connectivity index (χ2v) is 8.84. The van der Waals surface area contributed by atoms with Crippen LogP contribution in [0.3, 0.4) is 0 Å². The van der Waals surface area contributed by atoms with Crippen LogP contribution in [0.15, 0.2) is 79.5 Å². The third kappa shape index (κ3) is 3.18. The molecule has 29 heavy (non-hydrogen) atoms. The van der Waals surface area contributed by atoms with Crippen molar-refractivity contribution in [3.63, 3.8) is 0 Å². The topological polar surface area (TPSA) is 12.9 Å². The minimum Gasteiger partial charge on any atom is -0.314 e. The first-order valence-electron chi connectivity index (χ1n) is 10.7. The molecule has 0 amide bonds. The number of hydrogen-bond donors (Lipinski definition) is 0. The monoisotopic (exact) mass is 387 g/mol. The summed E-state index contributed by atoms with van der Waals surface area (Å²) >= 11 is 0. The summed E-state index contributed by atoms with van der Waals surface area (Å²) < 4.78 is 17.1. The van der Waals surface area contributed by atoms with E-state index in [0.717, 1.165) is 47.0 Å². The summed E-state index contributed by atoms with van der Waals surface area (Å²) in [7, 11) is 0. The van der Waals surface area contributed by atoms with Gasteiger partial charge in [0.05, 0.1) is 18.6 Å². The van der Waals surface area contributed by atoms with E-state index < -0.39 is 6.17 Å². The molecule has 3 aliphatic heterocycles. The van der Waals surface area contributed by atoms with Gasteiger partial charge < -0.3 is 4.48 Å². The predicted molar refractivity (Wildman–Crippen MR) is 116 cm³/mol. The summed E-state index contributed by atoms with van der Waals surface area (Å²) in [6, 6.07) is 20.4. The van der Waals surface area contributed by atoms with Gasteiger partial charge in [0.25, 0.3) is 0 Å². The molecule has 3 aliphatic rings. The molecule has 2 aromatic carbocycles. The highest BCUT2D eigenvalue weighted by Gasteiger charge is 2.54. The molecule has 148 valence electrons. The molecule has 6 rings (SSSR count). The number of halogens is 1. The fourth-order valence-electron chi connectivity index (χ4n) is 5.86. The number of rotatable bonds is 5. The Bertz CT molecular complexity index is 1010. The predicted octanol–water partition coefficient (Wildman–Crippen LogP) is 5.86. The Morgan fingerprint density at radius 3 is 2.72 bits per heavy atom. The molecule has 4 heterocycles. The third-order valence-electron chi connectivity index (χ3n) is 7.33. The van der Waals surface area contributed by atoms with Crippen LogP contribution >= 0.6 is 0 Å². The fourth-order valence-corrected chi connectivity index (χ4v) is 5.86. The van der Waals surface area contributed by atoms with E-state index in [1.54, 1.807) is 6.20 Å². The highest BCUT2D eigenvalue weighted by Crippen LogP contribution is 2.49. The van der Waals surface area contributed by atoms with E-state index in [2.05, 4.69) is 48.0 Å². The summed E-state index contributed by atoms with van der Waals surface area (Å²) in [5, 5.41) is 0.947. The normalized spacial score (nSPS) is 29.6. The van der Waals surface area contributed by atoms with Gasteiger partial charge in [0.1, 0.15) is 12.6 Å². The second kappa shape index (κ2) is 7.38. The number of fused-ring (bicyclic) bond motifs is 4. The summed E-state index contributed by atoms with van der Waals surface area (Å²) in [4.78, 5) is 4.44. The molecule has 3 aromatic rings. The lowest BCUT2D eigenvalue weighted by atomic mass is 9.71. The maximum Gasteiger partial charge on any atom is 0.177 e. The molecule has 0 spiro atoms. The van der Waals surface area contributed by atoms with Crippen LogP contribution < -0.4 is 0 Å². The SMILES string of the molecule is C=C[C@H]1C[N@+]2(Cc3ccccc3)CC[C@H]1C[C@@H]2[C@@H](F)c1ccnc2ccccc12. The van der Waals surface area contributed by atoms with Crippen LogP contribution in [0.1, 0.15) is 30.1 Å². The van der Waals surface area contributed by atoms with Crippen LogP contribution in [0, 0.1) is 11.8 Å². The molecule has 5 atom stereocenters. The van der Waals surface area contributed by atoms with E-state index in [4.69, 9.17) is 0 Å². The van der Waals surface area contributed by atoms with Crippen LogP contribution in [-0.4, -0.2) is 28.6 Å². The lowest BCUT2D eigenvalue weighted by Gasteiger charge is -2.57. The molecule has 0 unspecified atom stereocenters. The molecule has 2 nitrogen and oxygen atoms in total. The number of nitrogens with zero attached hydrogens (tertiary/aromatic N) is 2. The van der Waals surface area contributed by atoms with Gasteiger partial charge in [-0.2, -0.15) is 0 Å². The number of quaternary nitrogens is 1. The lowest BCUT2D eigenvalue weighted by molar-refractivity contribution is -0.984. The standard InChI is InChI=1S/C26H28FN2/c1-2-20-18-29(17-19-8-4-3-5-9-19)15-13-21(20)16-25(29)26(27)23-12-14-28-24-11-7-6-10-22(23)24/h2-12,14,20-21,25-26H,1,13,15-18H2/q+1/t20-,21-,25+,26-,29+/m0/s1. The average molecular weight is 388 g/mol. The van der Waals surface area contributed by atoms with Gasteiger partial charge in [0.2, 0.25) is 0 Å². The van der Waals surface area contributed by atoms with E-state index in [-0.39, 0.29) is 6.04 Å². The van der Waals surface area contributed by atoms with Gasteiger partial charge in [-0.15, -0.1) is 6.58 Å². The molecule has 3 fully saturated rings. The lowest BCUT2D eigenvalue weighted by Crippen LogP contribution is -2.67. The first-order valence-corrected chi connectivity index (χ1v) is 10.7. The first kappa shape index (κ1) is 18.5. The Morgan fingerprint density at radius 2 is 1.90 bits per heavy atom. The summed E-state index contributed by atoms with van der Waals surface area (Å²) in [6.45, 7) is 7.04. The quantitative estimate of drug-likeness (QED) is 0.395. The fraction of sp³-hybridized carbons (Fsp3) is 0.346. The zero-order valence-electron chi connectivity index (χ0n) is 16.8. The van der Waals surface area contributed by atoms with Crippen molar-refractivity contribution in [2.24, 2.45) is 11.8 Å². The maximum atomic E-state index is 16.3. The molecule has 0 saturated carbocycles. The Balaban J connectivity index is 1.56. The van der Waals surface area contributed by atoms with Crippen molar-refractivity contribution in [1.29, 1.82) is 0 Å². The molecular formula is C26H28FN2+. The van der Waals surface area contributed by atoms with Crippen molar-refractivity contribution in [3.8, 4) is 0 Å². The molecule has 2 bridgehead atoms. The van der Waals surface area contributed by atoms with Crippen LogP contribution in [0.25, 0.3) is 10.9 Å². The van der Waals surface area contributed by atoms with Crippen LogP contribution in [0.4, 0.5) is 4.39 Å². The minimum absolute atomic E-state index is 0.0176. The number of para-hydroxylation sites is 1. The Morgan fingerprint density at radius 1 is 1.10 bits per heavy atom. The molecular weight excluding hydrogens is 359 g/mol. The number of hydrogen-bond acceptors (Lipinski definition) is 1. The van der Waals surface area contributed by atoms with Crippen molar-refractivity contribution in [1.82, 2.24) is 4.98 Å². The molecule has 0 radical (unpaired) electrons. The van der Waals surface area contributed by atoms with Crippen LogP contribution in [0.2, 0.25) is 0 Å². The van der Waals surface area contributed by atoms with Gasteiger partial charge in [-0.3, -0.25) is 4.98 Å². The highest BCUT2D eigenvalue weighted by molar-refractivity contribution is 5.82. The number of piperidine rings is 3. The Hall–Kier alpha value is -2.52. The summed E-state index contributed by atoms with van der Waals surface area (Å²) in [5.41, 5.74) is 2.98. The summed E-state index contributed by atoms with van der Waals surface area (Å²) in [6.07, 6.45) is 4.99. The van der Waals surface area contributed by atoms with Crippen molar-refractivity contribution in [2.45, 2.75) is 31.6 Å². The van der Waals surface area contributed by atoms with Gasteiger partial charge in [0, 0.05) is 41.5 Å². The van der Waals surface area contributed by atoms with Gasteiger partial charge in [-0.25, -0.2) is 4.39 Å². The zero-order valence-corrected chi connectivity index (χ0v) is 16.8. The van der Waals surface area contributed by atoms with E-state index >= 15 is 4.39 Å². The van der Waals surface area contributed by atoms with Gasteiger partial charge in [-0.1, -0.05) is 54.6 Å². The third-order valence-corrected chi connectivity index (χ3v) is 7.33. The largest absolute Gasteiger partial charge is 0.314 e. The number of alkyl halides is 1. The van der Waals surface area contributed by atoms with Gasteiger partial charge in [-0.05, 0) is 18.1 Å². The number of benzene rings is 2. The smallest absolute Gasteiger partial charge is 0.177 e. The van der Waals surface area contributed by atoms with E-state index in [9.17, 15) is 0 Å². The Kier molecular flexibility index (Phi) is 4.71. The Labute approximate surface area is 172 Å². The van der Waals surface area contributed by atoms with Crippen LogP contribution in [0.5, 0.6) is 0 Å². The number of pyridine rings is 1. The van der Waals surface area contributed by atoms with Crippen molar-refractivity contribution in [3.05, 3.63) is 90.6 Å². The molecule has 3 saturated heterocycles. The van der Waals surface area contributed by atoms with Gasteiger partial charge in [0.15, 0.2) is 6.17 Å². The number of aromatic nitrogens is 1.